The van der Waals surface area contributed by atoms with Gasteiger partial charge in [0.2, 0.25) is 0 Å². The lowest BCUT2D eigenvalue weighted by Crippen LogP contribution is -2.10. The summed E-state index contributed by atoms with van der Waals surface area (Å²) in [4.78, 5) is 0. The predicted octanol–water partition coefficient (Wildman–Crippen LogP) is 2.97. The monoisotopic (exact) mass is 209 g/mol. The highest BCUT2D eigenvalue weighted by molar-refractivity contribution is 6.31. The number of halogens is 1. The summed E-state index contributed by atoms with van der Waals surface area (Å²) in [5, 5.41) is 4.12. The van der Waals surface area contributed by atoms with Crippen molar-refractivity contribution < 1.29 is 0 Å². The summed E-state index contributed by atoms with van der Waals surface area (Å²) in [6.45, 7) is 3.17. The molecule has 0 radical (unpaired) electrons. The van der Waals surface area contributed by atoms with Crippen molar-refractivity contribution in [2.75, 3.05) is 13.6 Å². The lowest BCUT2D eigenvalue weighted by molar-refractivity contribution is 0.698. The largest absolute Gasteiger partial charge is 0.319 e. The van der Waals surface area contributed by atoms with Crippen molar-refractivity contribution in [3.05, 3.63) is 34.3 Å². The molecular weight excluding hydrogens is 194 g/mol. The maximum Gasteiger partial charge on any atom is 0.0438 e. The van der Waals surface area contributed by atoms with Crippen LogP contribution in [0.4, 0.5) is 0 Å². The molecule has 2 rings (SSSR count). The second-order valence-electron chi connectivity index (χ2n) is 4.17. The Kier molecular flexibility index (Phi) is 2.80. The van der Waals surface area contributed by atoms with Crippen LogP contribution in [0.2, 0.25) is 5.02 Å². The molecule has 0 heterocycles. The molecule has 1 aromatic rings. The van der Waals surface area contributed by atoms with Gasteiger partial charge in [0.05, 0.1) is 0 Å². The minimum atomic E-state index is 0.737. The van der Waals surface area contributed by atoms with E-state index in [1.54, 1.807) is 0 Å². The average Bonchev–Trinajstić information content (AvgIpc) is 2.90. The normalized spacial score (nSPS) is 25.1. The third-order valence-corrected chi connectivity index (χ3v) is 3.42. The van der Waals surface area contributed by atoms with Crippen molar-refractivity contribution in [1.82, 2.24) is 5.32 Å². The lowest BCUT2D eigenvalue weighted by atomic mass is 10.1. The summed E-state index contributed by atoms with van der Waals surface area (Å²) < 4.78 is 0. The van der Waals surface area contributed by atoms with Gasteiger partial charge in [-0.25, -0.2) is 0 Å². The smallest absolute Gasteiger partial charge is 0.0438 e. The molecule has 0 amide bonds. The molecule has 1 fully saturated rings. The predicted molar refractivity (Wildman–Crippen MR) is 61.0 cm³/mol. The van der Waals surface area contributed by atoms with Crippen molar-refractivity contribution in [3.63, 3.8) is 0 Å². The van der Waals surface area contributed by atoms with Crippen LogP contribution >= 0.6 is 11.6 Å². The van der Waals surface area contributed by atoms with Crippen LogP contribution in [0.3, 0.4) is 0 Å². The molecule has 1 aliphatic carbocycles. The van der Waals surface area contributed by atoms with Crippen LogP contribution in [0.25, 0.3) is 0 Å². The van der Waals surface area contributed by atoms with Gasteiger partial charge in [-0.15, -0.1) is 0 Å². The van der Waals surface area contributed by atoms with E-state index >= 15 is 0 Å². The molecule has 0 spiro atoms. The van der Waals surface area contributed by atoms with Gasteiger partial charge in [-0.05, 0) is 56.0 Å². The highest BCUT2D eigenvalue weighted by Gasteiger charge is 2.37. The summed E-state index contributed by atoms with van der Waals surface area (Å²) in [6.07, 6.45) is 1.31. The van der Waals surface area contributed by atoms with Gasteiger partial charge in [0.25, 0.3) is 0 Å². The molecule has 2 unspecified atom stereocenters. The number of aryl methyl sites for hydroxylation is 1. The molecule has 1 saturated carbocycles. The molecule has 14 heavy (non-hydrogen) atoms. The van der Waals surface area contributed by atoms with Gasteiger partial charge in [-0.1, -0.05) is 23.7 Å². The minimum absolute atomic E-state index is 0.737. The van der Waals surface area contributed by atoms with Gasteiger partial charge in [0.1, 0.15) is 0 Å². The zero-order valence-electron chi connectivity index (χ0n) is 8.68. The zero-order valence-corrected chi connectivity index (χ0v) is 9.43. The van der Waals surface area contributed by atoms with E-state index in [4.69, 9.17) is 11.6 Å². The molecule has 1 nitrogen and oxygen atoms in total. The minimum Gasteiger partial charge on any atom is -0.319 e. The molecule has 1 aromatic carbocycles. The van der Waals surface area contributed by atoms with Gasteiger partial charge in [-0.2, -0.15) is 0 Å². The van der Waals surface area contributed by atoms with Crippen LogP contribution in [-0.4, -0.2) is 13.6 Å². The Morgan fingerprint density at radius 2 is 2.29 bits per heavy atom. The van der Waals surface area contributed by atoms with Crippen LogP contribution < -0.4 is 5.32 Å². The van der Waals surface area contributed by atoms with E-state index in [1.807, 2.05) is 14.0 Å². The summed E-state index contributed by atoms with van der Waals surface area (Å²) in [7, 11) is 2.01. The standard InChI is InChI=1S/C12H16ClN/c1-8-3-4-9(6-12(8)13)11-5-10(11)7-14-2/h3-4,6,10-11,14H,5,7H2,1-2H3. The first kappa shape index (κ1) is 10.0. The van der Waals surface area contributed by atoms with E-state index in [-0.39, 0.29) is 0 Å². The van der Waals surface area contributed by atoms with Gasteiger partial charge in [-0.3, -0.25) is 0 Å². The topological polar surface area (TPSA) is 12.0 Å². The number of nitrogens with one attached hydrogen (secondary N) is 1. The fraction of sp³-hybridized carbons (Fsp3) is 0.500. The molecule has 1 aliphatic rings. The Hall–Kier alpha value is -0.530. The first-order valence-corrected chi connectivity index (χ1v) is 5.51. The Morgan fingerprint density at radius 3 is 2.93 bits per heavy atom. The third kappa shape index (κ3) is 1.94. The number of hydrogen-bond donors (Lipinski definition) is 1. The Balaban J connectivity index is 2.08. The van der Waals surface area contributed by atoms with E-state index in [1.165, 1.54) is 17.5 Å². The van der Waals surface area contributed by atoms with Crippen LogP contribution in [0.1, 0.15) is 23.5 Å². The lowest BCUT2D eigenvalue weighted by Gasteiger charge is -2.03. The van der Waals surface area contributed by atoms with Gasteiger partial charge in [0, 0.05) is 5.02 Å². The van der Waals surface area contributed by atoms with Crippen LogP contribution in [0.15, 0.2) is 18.2 Å². The molecule has 76 valence electrons. The van der Waals surface area contributed by atoms with Crippen molar-refractivity contribution in [1.29, 1.82) is 0 Å². The maximum absolute atomic E-state index is 6.09. The average molecular weight is 210 g/mol. The van der Waals surface area contributed by atoms with Crippen LogP contribution in [0.5, 0.6) is 0 Å². The van der Waals surface area contributed by atoms with Crippen molar-refractivity contribution in [3.8, 4) is 0 Å². The van der Waals surface area contributed by atoms with E-state index in [2.05, 4.69) is 23.5 Å². The second-order valence-corrected chi connectivity index (χ2v) is 4.58. The molecule has 2 heteroatoms. The van der Waals surface area contributed by atoms with Gasteiger partial charge >= 0.3 is 0 Å². The van der Waals surface area contributed by atoms with E-state index in [9.17, 15) is 0 Å². The van der Waals surface area contributed by atoms with Crippen molar-refractivity contribution >= 4 is 11.6 Å². The molecule has 0 aliphatic heterocycles. The van der Waals surface area contributed by atoms with Crippen LogP contribution in [0, 0.1) is 12.8 Å². The Morgan fingerprint density at radius 1 is 1.50 bits per heavy atom. The third-order valence-electron chi connectivity index (χ3n) is 3.01. The molecule has 1 N–H and O–H groups in total. The first-order valence-electron chi connectivity index (χ1n) is 5.13. The number of hydrogen-bond acceptors (Lipinski definition) is 1. The Labute approximate surface area is 90.5 Å². The maximum atomic E-state index is 6.09. The summed E-state index contributed by atoms with van der Waals surface area (Å²) >= 11 is 6.09. The van der Waals surface area contributed by atoms with Gasteiger partial charge in [0.15, 0.2) is 0 Å². The summed E-state index contributed by atoms with van der Waals surface area (Å²) in [5.74, 6) is 1.55. The molecule has 0 saturated heterocycles. The van der Waals surface area contributed by atoms with Crippen molar-refractivity contribution in [2.45, 2.75) is 19.3 Å². The summed E-state index contributed by atoms with van der Waals surface area (Å²) in [6, 6.07) is 6.45. The van der Waals surface area contributed by atoms with E-state index in [0.717, 1.165) is 23.4 Å². The highest BCUT2D eigenvalue weighted by Crippen LogP contribution is 2.47. The highest BCUT2D eigenvalue weighted by atomic mass is 35.5. The molecular formula is C12H16ClN. The second kappa shape index (κ2) is 3.92. The fourth-order valence-electron chi connectivity index (χ4n) is 1.98. The zero-order chi connectivity index (χ0) is 10.1. The van der Waals surface area contributed by atoms with E-state index < -0.39 is 0 Å². The fourth-order valence-corrected chi connectivity index (χ4v) is 2.17. The Bertz CT molecular complexity index is 335. The molecule has 2 atom stereocenters. The van der Waals surface area contributed by atoms with Crippen LogP contribution in [-0.2, 0) is 0 Å². The summed E-state index contributed by atoms with van der Waals surface area (Å²) in [5.41, 5.74) is 2.57. The quantitative estimate of drug-likeness (QED) is 0.807. The van der Waals surface area contributed by atoms with Gasteiger partial charge < -0.3 is 5.32 Å². The first-order chi connectivity index (χ1) is 6.72. The molecule has 0 aromatic heterocycles. The number of rotatable bonds is 3. The number of benzene rings is 1. The SMILES string of the molecule is CNCC1CC1c1ccc(C)c(Cl)c1. The molecule has 0 bridgehead atoms. The van der Waals surface area contributed by atoms with Crippen molar-refractivity contribution in [2.24, 2.45) is 5.92 Å². The van der Waals surface area contributed by atoms with E-state index in [0.29, 0.717) is 0 Å².